The summed E-state index contributed by atoms with van der Waals surface area (Å²) in [5, 5.41) is 3.10. The van der Waals surface area contributed by atoms with E-state index in [-0.39, 0.29) is 23.9 Å². The largest absolute Gasteiger partial charge is 0.418 e. The standard InChI is InChI=1S/C21H24F3N5O2S/c1-14-11-19(26-15(2)25-14)32-13-20(31)29-9-7-28(8-10-29)12-18(30)27-17-6-4-3-5-16(17)21(22,23)24/h3-6,11H,7-10,12-13H2,1-2H3,(H,27,30). The number of amides is 2. The maximum Gasteiger partial charge on any atom is 0.418 e. The van der Waals surface area contributed by atoms with Gasteiger partial charge in [0.05, 0.1) is 23.5 Å². The highest BCUT2D eigenvalue weighted by Crippen LogP contribution is 2.34. The van der Waals surface area contributed by atoms with Gasteiger partial charge in [0.25, 0.3) is 0 Å². The molecule has 1 aliphatic rings. The highest BCUT2D eigenvalue weighted by molar-refractivity contribution is 7.99. The van der Waals surface area contributed by atoms with Crippen molar-refractivity contribution in [3.8, 4) is 0 Å². The van der Waals surface area contributed by atoms with Gasteiger partial charge in [0, 0.05) is 31.9 Å². The number of piperazine rings is 1. The van der Waals surface area contributed by atoms with E-state index in [1.807, 2.05) is 17.9 Å². The number of benzene rings is 1. The molecule has 0 saturated carbocycles. The number of aromatic nitrogens is 2. The van der Waals surface area contributed by atoms with Gasteiger partial charge in [-0.25, -0.2) is 9.97 Å². The molecule has 11 heteroatoms. The predicted molar refractivity (Wildman–Crippen MR) is 115 cm³/mol. The maximum absolute atomic E-state index is 13.1. The minimum absolute atomic E-state index is 0.0212. The average Bonchev–Trinajstić information content (AvgIpc) is 2.71. The first kappa shape index (κ1) is 24.0. The van der Waals surface area contributed by atoms with E-state index in [1.165, 1.54) is 30.0 Å². The van der Waals surface area contributed by atoms with Gasteiger partial charge < -0.3 is 10.2 Å². The van der Waals surface area contributed by atoms with Crippen LogP contribution in [0.3, 0.4) is 0 Å². The first-order chi connectivity index (χ1) is 15.1. The van der Waals surface area contributed by atoms with Crippen LogP contribution in [0.2, 0.25) is 0 Å². The van der Waals surface area contributed by atoms with Crippen molar-refractivity contribution in [3.63, 3.8) is 0 Å². The summed E-state index contributed by atoms with van der Waals surface area (Å²) in [6.45, 7) is 5.48. The molecule has 2 amide bonds. The fraction of sp³-hybridized carbons (Fsp3) is 0.429. The molecule has 0 unspecified atom stereocenters. The van der Waals surface area contributed by atoms with Crippen molar-refractivity contribution in [2.24, 2.45) is 0 Å². The number of carbonyl (C=O) groups is 2. The van der Waals surface area contributed by atoms with E-state index in [2.05, 4.69) is 15.3 Å². The number of rotatable bonds is 6. The molecule has 0 spiro atoms. The monoisotopic (exact) mass is 467 g/mol. The smallest absolute Gasteiger partial charge is 0.339 e. The second-order valence-corrected chi connectivity index (χ2v) is 8.43. The number of hydrogen-bond donors (Lipinski definition) is 1. The first-order valence-electron chi connectivity index (χ1n) is 10.0. The lowest BCUT2D eigenvalue weighted by molar-refractivity contribution is -0.137. The van der Waals surface area contributed by atoms with E-state index < -0.39 is 17.6 Å². The third-order valence-electron chi connectivity index (χ3n) is 4.88. The lowest BCUT2D eigenvalue weighted by Gasteiger charge is -2.34. The van der Waals surface area contributed by atoms with Gasteiger partial charge in [0.15, 0.2) is 0 Å². The Hall–Kier alpha value is -2.66. The molecule has 1 aromatic carbocycles. The third kappa shape index (κ3) is 6.67. The minimum atomic E-state index is -4.54. The topological polar surface area (TPSA) is 78.4 Å². The van der Waals surface area contributed by atoms with Gasteiger partial charge in [-0.15, -0.1) is 0 Å². The molecule has 2 aromatic rings. The number of nitrogens with one attached hydrogen (secondary N) is 1. The van der Waals surface area contributed by atoms with Crippen LogP contribution in [0.15, 0.2) is 35.4 Å². The SMILES string of the molecule is Cc1cc(SCC(=O)N2CCN(CC(=O)Nc3ccccc3C(F)(F)F)CC2)nc(C)n1. The Kier molecular flexibility index (Phi) is 7.73. The number of thioether (sulfide) groups is 1. The molecule has 1 aliphatic heterocycles. The van der Waals surface area contributed by atoms with Crippen LogP contribution in [0, 0.1) is 13.8 Å². The number of hydrogen-bond acceptors (Lipinski definition) is 6. The molecule has 1 N–H and O–H groups in total. The summed E-state index contributed by atoms with van der Waals surface area (Å²) in [5.74, 6) is 0.369. The number of alkyl halides is 3. The Morgan fingerprint density at radius 3 is 2.44 bits per heavy atom. The van der Waals surface area contributed by atoms with Gasteiger partial charge in [-0.1, -0.05) is 23.9 Å². The minimum Gasteiger partial charge on any atom is -0.339 e. The summed E-state index contributed by atoms with van der Waals surface area (Å²) < 4.78 is 39.2. The van der Waals surface area contributed by atoms with Crippen LogP contribution in [-0.2, 0) is 15.8 Å². The summed E-state index contributed by atoms with van der Waals surface area (Å²) in [4.78, 5) is 36.8. The number of nitrogens with zero attached hydrogens (tertiary/aromatic N) is 4. The molecule has 32 heavy (non-hydrogen) atoms. The Morgan fingerprint density at radius 1 is 1.09 bits per heavy atom. The van der Waals surface area contributed by atoms with E-state index >= 15 is 0 Å². The molecular weight excluding hydrogens is 443 g/mol. The van der Waals surface area contributed by atoms with Crippen molar-refractivity contribution in [3.05, 3.63) is 47.4 Å². The van der Waals surface area contributed by atoms with E-state index in [0.29, 0.717) is 32.0 Å². The predicted octanol–water partition coefficient (Wildman–Crippen LogP) is 2.99. The zero-order valence-electron chi connectivity index (χ0n) is 17.8. The summed E-state index contributed by atoms with van der Waals surface area (Å²) in [7, 11) is 0. The molecule has 3 rings (SSSR count). The number of para-hydroxylation sites is 1. The van der Waals surface area contributed by atoms with Crippen molar-refractivity contribution in [1.29, 1.82) is 0 Å². The van der Waals surface area contributed by atoms with Crippen molar-refractivity contribution >= 4 is 29.3 Å². The van der Waals surface area contributed by atoms with Crippen molar-refractivity contribution in [1.82, 2.24) is 19.8 Å². The number of anilines is 1. The first-order valence-corrected chi connectivity index (χ1v) is 11.0. The summed E-state index contributed by atoms with van der Waals surface area (Å²) in [6.07, 6.45) is -4.54. The lowest BCUT2D eigenvalue weighted by atomic mass is 10.1. The fourth-order valence-electron chi connectivity index (χ4n) is 3.37. The van der Waals surface area contributed by atoms with Crippen LogP contribution in [0.4, 0.5) is 18.9 Å². The summed E-state index contributed by atoms with van der Waals surface area (Å²) in [5.41, 5.74) is -0.293. The Morgan fingerprint density at radius 2 is 1.78 bits per heavy atom. The fourth-order valence-corrected chi connectivity index (χ4v) is 4.28. The number of aryl methyl sites for hydroxylation is 2. The molecule has 172 valence electrons. The molecular formula is C21H24F3N5O2S. The van der Waals surface area contributed by atoms with Crippen LogP contribution in [-0.4, -0.2) is 70.1 Å². The summed E-state index contributed by atoms with van der Waals surface area (Å²) in [6, 6.07) is 6.72. The molecule has 0 aliphatic carbocycles. The number of halogens is 3. The van der Waals surface area contributed by atoms with Gasteiger partial charge in [0.2, 0.25) is 11.8 Å². The van der Waals surface area contributed by atoms with Crippen LogP contribution < -0.4 is 5.32 Å². The second kappa shape index (κ2) is 10.3. The van der Waals surface area contributed by atoms with Crippen LogP contribution in [0.25, 0.3) is 0 Å². The van der Waals surface area contributed by atoms with Gasteiger partial charge in [-0.3, -0.25) is 14.5 Å². The zero-order chi connectivity index (χ0) is 23.3. The normalized spacial score (nSPS) is 15.0. The Labute approximate surface area is 188 Å². The van der Waals surface area contributed by atoms with Crippen molar-refractivity contribution in [2.45, 2.75) is 25.0 Å². The summed E-state index contributed by atoms with van der Waals surface area (Å²) >= 11 is 1.35. The van der Waals surface area contributed by atoms with Crippen LogP contribution in [0.1, 0.15) is 17.1 Å². The highest BCUT2D eigenvalue weighted by Gasteiger charge is 2.33. The second-order valence-electron chi connectivity index (χ2n) is 7.43. The van der Waals surface area contributed by atoms with Crippen LogP contribution in [0.5, 0.6) is 0 Å². The van der Waals surface area contributed by atoms with E-state index in [9.17, 15) is 22.8 Å². The average molecular weight is 468 g/mol. The molecule has 0 atom stereocenters. The molecule has 1 saturated heterocycles. The van der Waals surface area contributed by atoms with Gasteiger partial charge >= 0.3 is 6.18 Å². The van der Waals surface area contributed by atoms with E-state index in [0.717, 1.165) is 16.8 Å². The quantitative estimate of drug-likeness (QED) is 0.520. The van der Waals surface area contributed by atoms with Crippen molar-refractivity contribution in [2.75, 3.05) is 43.8 Å². The molecule has 1 aromatic heterocycles. The van der Waals surface area contributed by atoms with E-state index in [1.54, 1.807) is 11.8 Å². The highest BCUT2D eigenvalue weighted by atomic mass is 32.2. The molecule has 2 heterocycles. The van der Waals surface area contributed by atoms with Gasteiger partial charge in [0.1, 0.15) is 10.9 Å². The third-order valence-corrected chi connectivity index (χ3v) is 5.78. The molecule has 7 nitrogen and oxygen atoms in total. The van der Waals surface area contributed by atoms with E-state index in [4.69, 9.17) is 0 Å². The molecule has 1 fully saturated rings. The number of carbonyl (C=O) groups excluding carboxylic acids is 2. The molecule has 0 radical (unpaired) electrons. The maximum atomic E-state index is 13.1. The Bertz CT molecular complexity index is 958. The van der Waals surface area contributed by atoms with Gasteiger partial charge in [-0.05, 0) is 32.0 Å². The van der Waals surface area contributed by atoms with Gasteiger partial charge in [-0.2, -0.15) is 13.2 Å². The lowest BCUT2D eigenvalue weighted by Crippen LogP contribution is -2.50. The molecule has 0 bridgehead atoms. The Balaban J connectivity index is 1.45. The van der Waals surface area contributed by atoms with Crippen molar-refractivity contribution < 1.29 is 22.8 Å². The zero-order valence-corrected chi connectivity index (χ0v) is 18.6. The van der Waals surface area contributed by atoms with Crippen LogP contribution >= 0.6 is 11.8 Å².